The van der Waals surface area contributed by atoms with Crippen molar-refractivity contribution in [1.29, 1.82) is 0 Å². The van der Waals surface area contributed by atoms with E-state index in [0.717, 1.165) is 24.0 Å². The molecule has 0 aromatic heterocycles. The Morgan fingerprint density at radius 1 is 0.571 bits per heavy atom. The first-order valence-electron chi connectivity index (χ1n) is 9.68. The highest BCUT2D eigenvalue weighted by Crippen LogP contribution is 2.33. The predicted octanol–water partition coefficient (Wildman–Crippen LogP) is 3.07. The van der Waals surface area contributed by atoms with Gasteiger partial charge in [-0.3, -0.25) is 0 Å². The summed E-state index contributed by atoms with van der Waals surface area (Å²) in [5.41, 5.74) is 1.76. The van der Waals surface area contributed by atoms with Gasteiger partial charge in [0.2, 0.25) is 0 Å². The Balaban J connectivity index is 2.21. The van der Waals surface area contributed by atoms with E-state index in [1.807, 2.05) is 0 Å². The van der Waals surface area contributed by atoms with Gasteiger partial charge in [-0.15, -0.1) is 0 Å². The van der Waals surface area contributed by atoms with Crippen molar-refractivity contribution < 1.29 is 30.6 Å². The number of unbranched alkanes of at least 4 members (excludes halogenated alkanes) is 1. The number of phenolic OH excluding ortho intramolecular Hbond substituents is 4. The zero-order chi connectivity index (χ0) is 20.5. The topological polar surface area (TPSA) is 121 Å². The number of aliphatic hydroxyl groups is 2. The van der Waals surface area contributed by atoms with Crippen molar-refractivity contribution in [3.05, 3.63) is 47.5 Å². The zero-order valence-corrected chi connectivity index (χ0v) is 16.0. The van der Waals surface area contributed by atoms with Gasteiger partial charge in [0.25, 0.3) is 0 Å². The van der Waals surface area contributed by atoms with Crippen LogP contribution in [0.2, 0.25) is 0 Å². The molecule has 0 heterocycles. The van der Waals surface area contributed by atoms with Crippen molar-refractivity contribution in [3.63, 3.8) is 0 Å². The monoisotopic (exact) mass is 390 g/mol. The van der Waals surface area contributed by atoms with E-state index in [9.17, 15) is 25.5 Å². The molecular weight excluding hydrogens is 360 g/mol. The molecule has 0 amide bonds. The van der Waals surface area contributed by atoms with E-state index in [4.69, 9.17) is 5.11 Å². The van der Waals surface area contributed by atoms with Gasteiger partial charge in [-0.2, -0.15) is 0 Å². The van der Waals surface area contributed by atoms with Crippen molar-refractivity contribution in [1.82, 2.24) is 0 Å². The minimum atomic E-state index is -0.166. The van der Waals surface area contributed by atoms with Crippen LogP contribution in [-0.2, 0) is 12.8 Å². The molecule has 0 radical (unpaired) electrons. The molecule has 6 N–H and O–H groups in total. The van der Waals surface area contributed by atoms with Gasteiger partial charge in [-0.1, -0.05) is 18.6 Å². The number of aromatic hydroxyl groups is 4. The zero-order valence-electron chi connectivity index (χ0n) is 16.0. The van der Waals surface area contributed by atoms with Gasteiger partial charge in [0, 0.05) is 13.2 Å². The van der Waals surface area contributed by atoms with E-state index in [1.165, 1.54) is 18.2 Å². The first-order valence-corrected chi connectivity index (χ1v) is 9.68. The number of phenols is 4. The second-order valence-corrected chi connectivity index (χ2v) is 7.31. The molecule has 0 saturated carbocycles. The Bertz CT molecular complexity index is 746. The highest BCUT2D eigenvalue weighted by molar-refractivity contribution is 5.41. The summed E-state index contributed by atoms with van der Waals surface area (Å²) < 4.78 is 0. The van der Waals surface area contributed by atoms with Crippen LogP contribution < -0.4 is 0 Å². The molecule has 0 fully saturated rings. The van der Waals surface area contributed by atoms with Crippen LogP contribution in [0.15, 0.2) is 36.4 Å². The molecule has 0 saturated heterocycles. The second kappa shape index (κ2) is 10.8. The van der Waals surface area contributed by atoms with Crippen LogP contribution in [-0.4, -0.2) is 43.9 Å². The van der Waals surface area contributed by atoms with E-state index in [0.29, 0.717) is 25.7 Å². The van der Waals surface area contributed by atoms with Crippen molar-refractivity contribution in [2.75, 3.05) is 13.2 Å². The Kier molecular flexibility index (Phi) is 8.42. The van der Waals surface area contributed by atoms with Crippen molar-refractivity contribution >= 4 is 0 Å². The molecule has 0 unspecified atom stereocenters. The maximum Gasteiger partial charge on any atom is 0.157 e. The largest absolute Gasteiger partial charge is 0.504 e. The average molecular weight is 390 g/mol. The van der Waals surface area contributed by atoms with Gasteiger partial charge in [0.15, 0.2) is 23.0 Å². The van der Waals surface area contributed by atoms with Crippen molar-refractivity contribution in [2.45, 2.75) is 38.5 Å². The molecule has 0 spiro atoms. The van der Waals surface area contributed by atoms with Gasteiger partial charge < -0.3 is 30.6 Å². The Morgan fingerprint density at radius 2 is 1.07 bits per heavy atom. The van der Waals surface area contributed by atoms with Crippen LogP contribution in [0.1, 0.15) is 36.8 Å². The second-order valence-electron chi connectivity index (χ2n) is 7.31. The lowest BCUT2D eigenvalue weighted by atomic mass is 9.78. The summed E-state index contributed by atoms with van der Waals surface area (Å²) in [5.74, 6) is -0.356. The van der Waals surface area contributed by atoms with E-state index in [1.54, 1.807) is 18.2 Å². The van der Waals surface area contributed by atoms with Crippen molar-refractivity contribution in [3.8, 4) is 23.0 Å². The molecule has 154 valence electrons. The minimum absolute atomic E-state index is 0.0338. The maximum absolute atomic E-state index is 9.79. The SMILES string of the molecule is OCCCC[C@@H](Cc1ccc(O)c(O)c1)[C@@H](CCO)Cc1ccc(O)c(O)c1. The normalized spacial score (nSPS) is 13.4. The lowest BCUT2D eigenvalue weighted by molar-refractivity contribution is 0.203. The lowest BCUT2D eigenvalue weighted by Gasteiger charge is -2.27. The fourth-order valence-corrected chi connectivity index (χ4v) is 3.69. The Morgan fingerprint density at radius 3 is 1.50 bits per heavy atom. The van der Waals surface area contributed by atoms with E-state index >= 15 is 0 Å². The molecule has 0 aliphatic rings. The Labute approximate surface area is 165 Å². The summed E-state index contributed by atoms with van der Waals surface area (Å²) in [4.78, 5) is 0. The van der Waals surface area contributed by atoms with Crippen LogP contribution in [0.5, 0.6) is 23.0 Å². The van der Waals surface area contributed by atoms with Crippen LogP contribution in [0.4, 0.5) is 0 Å². The highest BCUT2D eigenvalue weighted by Gasteiger charge is 2.23. The predicted molar refractivity (Wildman–Crippen MR) is 107 cm³/mol. The standard InChI is InChI=1S/C22H30O6/c23-9-2-1-3-17(11-15-4-6-19(25)21(27)13-15)18(8-10-24)12-16-5-7-20(26)22(28)14-16/h4-7,13-14,17-18,23-28H,1-3,8-12H2/t17-,18-/m0/s1. The Hall–Kier alpha value is -2.44. The van der Waals surface area contributed by atoms with Crippen LogP contribution in [0, 0.1) is 11.8 Å². The van der Waals surface area contributed by atoms with Gasteiger partial charge in [-0.05, 0) is 79.3 Å². The van der Waals surface area contributed by atoms with Crippen LogP contribution >= 0.6 is 0 Å². The quantitative estimate of drug-likeness (QED) is 0.259. The van der Waals surface area contributed by atoms with E-state index in [2.05, 4.69) is 0 Å². The summed E-state index contributed by atoms with van der Waals surface area (Å²) in [7, 11) is 0. The van der Waals surface area contributed by atoms with Crippen LogP contribution in [0.25, 0.3) is 0 Å². The lowest BCUT2D eigenvalue weighted by Crippen LogP contribution is -2.21. The van der Waals surface area contributed by atoms with Gasteiger partial charge in [-0.25, -0.2) is 0 Å². The minimum Gasteiger partial charge on any atom is -0.504 e. The summed E-state index contributed by atoms with van der Waals surface area (Å²) in [5, 5.41) is 57.3. The number of hydrogen-bond acceptors (Lipinski definition) is 6. The summed E-state index contributed by atoms with van der Waals surface area (Å²) in [6, 6.07) is 9.55. The molecule has 0 aliphatic heterocycles. The molecule has 2 atom stereocenters. The smallest absolute Gasteiger partial charge is 0.157 e. The summed E-state index contributed by atoms with van der Waals surface area (Å²) >= 11 is 0. The fraction of sp³-hybridized carbons (Fsp3) is 0.455. The van der Waals surface area contributed by atoms with E-state index in [-0.39, 0.29) is 48.0 Å². The van der Waals surface area contributed by atoms with Crippen molar-refractivity contribution in [2.24, 2.45) is 11.8 Å². The fourth-order valence-electron chi connectivity index (χ4n) is 3.69. The molecule has 6 nitrogen and oxygen atoms in total. The maximum atomic E-state index is 9.79. The molecule has 2 aromatic carbocycles. The third kappa shape index (κ3) is 6.32. The number of rotatable bonds is 11. The molecule has 2 rings (SSSR count). The highest BCUT2D eigenvalue weighted by atomic mass is 16.3. The molecule has 0 aliphatic carbocycles. The third-order valence-electron chi connectivity index (χ3n) is 5.23. The van der Waals surface area contributed by atoms with E-state index < -0.39 is 0 Å². The molecule has 2 aromatic rings. The van der Waals surface area contributed by atoms with Crippen LogP contribution in [0.3, 0.4) is 0 Å². The number of aliphatic hydroxyl groups excluding tert-OH is 2. The molecule has 0 bridgehead atoms. The third-order valence-corrected chi connectivity index (χ3v) is 5.23. The number of hydrogen-bond donors (Lipinski definition) is 6. The molecule has 28 heavy (non-hydrogen) atoms. The molecule has 6 heteroatoms. The van der Waals surface area contributed by atoms with Gasteiger partial charge in [0.05, 0.1) is 0 Å². The number of benzene rings is 2. The first-order chi connectivity index (χ1) is 13.4. The average Bonchev–Trinajstić information content (AvgIpc) is 2.66. The van der Waals surface area contributed by atoms with Gasteiger partial charge in [0.1, 0.15) is 0 Å². The summed E-state index contributed by atoms with van der Waals surface area (Å²) in [6.45, 7) is 0.162. The molecular formula is C22H30O6. The van der Waals surface area contributed by atoms with Gasteiger partial charge >= 0.3 is 0 Å². The first kappa shape index (κ1) is 21.9. The summed E-state index contributed by atoms with van der Waals surface area (Å²) in [6.07, 6.45) is 4.25.